The van der Waals surface area contributed by atoms with Crippen molar-refractivity contribution in [1.82, 2.24) is 19.4 Å². The highest BCUT2D eigenvalue weighted by Gasteiger charge is 2.34. The van der Waals surface area contributed by atoms with Gasteiger partial charge in [-0.2, -0.15) is 9.40 Å². The normalized spacial score (nSPS) is 16.1. The van der Waals surface area contributed by atoms with Crippen LogP contribution in [0.4, 0.5) is 8.78 Å². The summed E-state index contributed by atoms with van der Waals surface area (Å²) in [7, 11) is -3.93. The smallest absolute Gasteiger partial charge is 0.263 e. The van der Waals surface area contributed by atoms with Gasteiger partial charge in [0.2, 0.25) is 5.03 Å². The summed E-state index contributed by atoms with van der Waals surface area (Å²) < 4.78 is 55.7. The van der Waals surface area contributed by atoms with E-state index in [0.717, 1.165) is 25.0 Å². The summed E-state index contributed by atoms with van der Waals surface area (Å²) in [6.07, 6.45) is 2.87. The molecule has 2 aromatic rings. The van der Waals surface area contributed by atoms with Crippen molar-refractivity contribution >= 4 is 15.9 Å². The monoisotopic (exact) mass is 426 g/mol. The van der Waals surface area contributed by atoms with E-state index in [9.17, 15) is 22.0 Å². The van der Waals surface area contributed by atoms with Gasteiger partial charge in [-0.1, -0.05) is 13.0 Å². The lowest BCUT2D eigenvalue weighted by atomic mass is 10.0. The van der Waals surface area contributed by atoms with Gasteiger partial charge in [0.15, 0.2) is 0 Å². The molecule has 1 saturated heterocycles. The minimum absolute atomic E-state index is 0.0898. The molecule has 3 rings (SSSR count). The molecule has 2 heterocycles. The zero-order valence-corrected chi connectivity index (χ0v) is 17.2. The predicted molar refractivity (Wildman–Crippen MR) is 103 cm³/mol. The van der Waals surface area contributed by atoms with E-state index in [1.165, 1.54) is 21.3 Å². The maximum absolute atomic E-state index is 13.8. The number of hydrogen-bond donors (Lipinski definition) is 1. The molecule has 1 fully saturated rings. The fraction of sp³-hybridized carbons (Fsp3) is 0.474. The SMILES string of the molecule is CCn1cc(C(=O)NCc2ccc(F)cc2F)c(S(=O)(=O)N2CCC(C)CC2)n1. The fourth-order valence-corrected chi connectivity index (χ4v) is 4.76. The van der Waals surface area contributed by atoms with E-state index in [2.05, 4.69) is 17.3 Å². The number of amides is 1. The highest BCUT2D eigenvalue weighted by atomic mass is 32.2. The average molecular weight is 426 g/mol. The van der Waals surface area contributed by atoms with E-state index in [0.29, 0.717) is 25.6 Å². The van der Waals surface area contributed by atoms with Gasteiger partial charge in [-0.15, -0.1) is 0 Å². The van der Waals surface area contributed by atoms with E-state index in [1.54, 1.807) is 6.92 Å². The molecule has 1 amide bonds. The first-order chi connectivity index (χ1) is 13.7. The van der Waals surface area contributed by atoms with Crippen LogP contribution in [0.2, 0.25) is 0 Å². The number of hydrogen-bond acceptors (Lipinski definition) is 4. The lowest BCUT2D eigenvalue weighted by Gasteiger charge is -2.28. The first kappa shape index (κ1) is 21.4. The molecule has 7 nitrogen and oxygen atoms in total. The molecule has 1 aromatic heterocycles. The summed E-state index contributed by atoms with van der Waals surface area (Å²) >= 11 is 0. The van der Waals surface area contributed by atoms with Crippen LogP contribution >= 0.6 is 0 Å². The third kappa shape index (κ3) is 4.64. The van der Waals surface area contributed by atoms with Crippen LogP contribution in [0.1, 0.15) is 42.6 Å². The Morgan fingerprint density at radius 2 is 1.97 bits per heavy atom. The maximum atomic E-state index is 13.8. The second kappa shape index (κ2) is 8.58. The number of nitrogens with one attached hydrogen (secondary N) is 1. The number of carbonyl (C=O) groups excluding carboxylic acids is 1. The predicted octanol–water partition coefficient (Wildman–Crippen LogP) is 2.53. The Labute approximate surface area is 168 Å². The van der Waals surface area contributed by atoms with Crippen LogP contribution in [0, 0.1) is 17.6 Å². The van der Waals surface area contributed by atoms with Crippen LogP contribution in [0.25, 0.3) is 0 Å². The van der Waals surface area contributed by atoms with E-state index in [-0.39, 0.29) is 22.7 Å². The average Bonchev–Trinajstić information content (AvgIpc) is 3.13. The number of rotatable bonds is 6. The lowest BCUT2D eigenvalue weighted by Crippen LogP contribution is -2.39. The largest absolute Gasteiger partial charge is 0.348 e. The molecule has 29 heavy (non-hydrogen) atoms. The van der Waals surface area contributed by atoms with Crippen molar-refractivity contribution in [3.8, 4) is 0 Å². The molecule has 0 atom stereocenters. The van der Waals surface area contributed by atoms with Gasteiger partial charge in [0.1, 0.15) is 11.6 Å². The molecule has 10 heteroatoms. The molecule has 0 radical (unpaired) electrons. The van der Waals surface area contributed by atoms with Crippen LogP contribution in [0.15, 0.2) is 29.4 Å². The Morgan fingerprint density at radius 3 is 2.59 bits per heavy atom. The van der Waals surface area contributed by atoms with Crippen molar-refractivity contribution in [2.45, 2.75) is 44.8 Å². The molecule has 1 aromatic carbocycles. The molecule has 0 aliphatic carbocycles. The number of piperidine rings is 1. The van der Waals surface area contributed by atoms with Gasteiger partial charge in [-0.25, -0.2) is 17.2 Å². The molecule has 1 aliphatic rings. The van der Waals surface area contributed by atoms with E-state index >= 15 is 0 Å². The van der Waals surface area contributed by atoms with Gasteiger partial charge >= 0.3 is 0 Å². The third-order valence-electron chi connectivity index (χ3n) is 5.08. The van der Waals surface area contributed by atoms with Crippen LogP contribution in [0.3, 0.4) is 0 Å². The van der Waals surface area contributed by atoms with Gasteiger partial charge in [-0.05, 0) is 31.7 Å². The van der Waals surface area contributed by atoms with Crippen molar-refractivity contribution in [2.75, 3.05) is 13.1 Å². The van der Waals surface area contributed by atoms with Gasteiger partial charge in [0.05, 0.1) is 5.56 Å². The highest BCUT2D eigenvalue weighted by molar-refractivity contribution is 7.89. The van der Waals surface area contributed by atoms with Crippen LogP contribution < -0.4 is 5.32 Å². The lowest BCUT2D eigenvalue weighted by molar-refractivity contribution is 0.0947. The van der Waals surface area contributed by atoms with Crippen molar-refractivity contribution in [1.29, 1.82) is 0 Å². The number of halogens is 2. The Bertz CT molecular complexity index is 999. The van der Waals surface area contributed by atoms with Crippen LogP contribution in [-0.2, 0) is 23.1 Å². The number of sulfonamides is 1. The quantitative estimate of drug-likeness (QED) is 0.769. The van der Waals surface area contributed by atoms with E-state index < -0.39 is 27.6 Å². The Kier molecular flexibility index (Phi) is 6.33. The molecule has 1 aliphatic heterocycles. The van der Waals surface area contributed by atoms with Crippen molar-refractivity contribution in [3.05, 3.63) is 47.2 Å². The van der Waals surface area contributed by atoms with Gasteiger partial charge in [0, 0.05) is 44.0 Å². The molecular weight excluding hydrogens is 402 g/mol. The Hall–Kier alpha value is -2.33. The van der Waals surface area contributed by atoms with Crippen molar-refractivity contribution < 1.29 is 22.0 Å². The van der Waals surface area contributed by atoms with E-state index in [4.69, 9.17) is 0 Å². The summed E-state index contributed by atoms with van der Waals surface area (Å²) in [5, 5.41) is 6.30. The first-order valence-electron chi connectivity index (χ1n) is 9.52. The molecule has 1 N–H and O–H groups in total. The summed E-state index contributed by atoms with van der Waals surface area (Å²) in [6.45, 7) is 4.79. The number of carbonyl (C=O) groups is 1. The zero-order valence-electron chi connectivity index (χ0n) is 16.4. The third-order valence-corrected chi connectivity index (χ3v) is 6.91. The molecular formula is C19H24F2N4O3S. The highest BCUT2D eigenvalue weighted by Crippen LogP contribution is 2.25. The van der Waals surface area contributed by atoms with Crippen LogP contribution in [-0.4, -0.2) is 41.5 Å². The fourth-order valence-electron chi connectivity index (χ4n) is 3.20. The summed E-state index contributed by atoms with van der Waals surface area (Å²) in [4.78, 5) is 12.7. The second-order valence-electron chi connectivity index (χ2n) is 7.21. The van der Waals surface area contributed by atoms with Crippen molar-refractivity contribution in [3.63, 3.8) is 0 Å². The Morgan fingerprint density at radius 1 is 1.28 bits per heavy atom. The molecule has 0 bridgehead atoms. The molecule has 0 spiro atoms. The zero-order chi connectivity index (χ0) is 21.2. The molecule has 0 saturated carbocycles. The second-order valence-corrected chi connectivity index (χ2v) is 9.06. The number of nitrogens with zero attached hydrogens (tertiary/aromatic N) is 3. The van der Waals surface area contributed by atoms with Crippen molar-refractivity contribution in [2.24, 2.45) is 5.92 Å². The van der Waals surface area contributed by atoms with E-state index in [1.807, 2.05) is 0 Å². The maximum Gasteiger partial charge on any atom is 0.263 e. The molecule has 0 unspecified atom stereocenters. The number of aryl methyl sites for hydroxylation is 1. The number of aromatic nitrogens is 2. The number of benzene rings is 1. The first-order valence-corrected chi connectivity index (χ1v) is 11.0. The van der Waals surface area contributed by atoms with Crippen LogP contribution in [0.5, 0.6) is 0 Å². The summed E-state index contributed by atoms with van der Waals surface area (Å²) in [5.74, 6) is -1.74. The summed E-state index contributed by atoms with van der Waals surface area (Å²) in [5.41, 5.74) is 0.00468. The van der Waals surface area contributed by atoms with Gasteiger partial charge in [0.25, 0.3) is 15.9 Å². The van der Waals surface area contributed by atoms with Gasteiger partial charge < -0.3 is 5.32 Å². The molecule has 158 valence electrons. The topological polar surface area (TPSA) is 84.3 Å². The van der Waals surface area contributed by atoms with Gasteiger partial charge in [-0.3, -0.25) is 9.48 Å². The minimum Gasteiger partial charge on any atom is -0.348 e. The summed E-state index contributed by atoms with van der Waals surface area (Å²) in [6, 6.07) is 3.05. The Balaban J connectivity index is 1.83. The standard InChI is InChI=1S/C19H24F2N4O3S/c1-3-24-12-16(18(26)22-11-14-4-5-15(20)10-17(14)21)19(23-24)29(27,28)25-8-6-13(2)7-9-25/h4-5,10,12-13H,3,6-9,11H2,1-2H3,(H,22,26). The minimum atomic E-state index is -3.93.